The van der Waals surface area contributed by atoms with Crippen molar-refractivity contribution < 1.29 is 19.6 Å². The summed E-state index contributed by atoms with van der Waals surface area (Å²) in [5.74, 6) is -1.30. The number of aliphatic carboxylic acids is 1. The maximum atomic E-state index is 12.6. The summed E-state index contributed by atoms with van der Waals surface area (Å²) in [7, 11) is 0. The predicted molar refractivity (Wildman–Crippen MR) is 108 cm³/mol. The maximum absolute atomic E-state index is 12.6. The quantitative estimate of drug-likeness (QED) is 0.571. The summed E-state index contributed by atoms with van der Waals surface area (Å²) < 4.78 is 0. The van der Waals surface area contributed by atoms with E-state index in [4.69, 9.17) is 0 Å². The highest BCUT2D eigenvalue weighted by Gasteiger charge is 2.27. The molecule has 8 nitrogen and oxygen atoms in total. The molecule has 0 bridgehead atoms. The van der Waals surface area contributed by atoms with Crippen LogP contribution in [0.5, 0.6) is 0 Å². The van der Waals surface area contributed by atoms with Crippen LogP contribution in [0.4, 0.5) is 11.4 Å². The zero-order chi connectivity index (χ0) is 21.0. The highest BCUT2D eigenvalue weighted by Crippen LogP contribution is 2.32. The van der Waals surface area contributed by atoms with Crippen LogP contribution < -0.4 is 10.2 Å². The Balaban J connectivity index is 1.84. The van der Waals surface area contributed by atoms with E-state index in [-0.39, 0.29) is 11.3 Å². The molecule has 0 aromatic heterocycles. The molecule has 0 saturated carbocycles. The van der Waals surface area contributed by atoms with Crippen molar-refractivity contribution in [1.29, 1.82) is 0 Å². The minimum atomic E-state index is -1.24. The van der Waals surface area contributed by atoms with Gasteiger partial charge in [-0.15, -0.1) is 0 Å². The van der Waals surface area contributed by atoms with E-state index in [9.17, 15) is 24.8 Å². The molecule has 2 aromatic rings. The van der Waals surface area contributed by atoms with Crippen molar-refractivity contribution in [3.8, 4) is 0 Å². The minimum absolute atomic E-state index is 0.0491. The van der Waals surface area contributed by atoms with E-state index in [1.807, 2.05) is 4.90 Å². The van der Waals surface area contributed by atoms with Crippen molar-refractivity contribution in [2.24, 2.45) is 5.92 Å². The van der Waals surface area contributed by atoms with Crippen molar-refractivity contribution in [2.75, 3.05) is 18.0 Å². The van der Waals surface area contributed by atoms with Crippen LogP contribution in [-0.2, 0) is 4.79 Å². The number of carbonyl (C=O) groups excluding carboxylic acids is 1. The molecule has 8 heteroatoms. The van der Waals surface area contributed by atoms with Crippen LogP contribution in [0.15, 0.2) is 48.5 Å². The third kappa shape index (κ3) is 4.71. The summed E-state index contributed by atoms with van der Waals surface area (Å²) in [6.45, 7) is 3.61. The number of amides is 1. The van der Waals surface area contributed by atoms with Gasteiger partial charge in [0, 0.05) is 24.7 Å². The van der Waals surface area contributed by atoms with Gasteiger partial charge in [0.2, 0.25) is 0 Å². The van der Waals surface area contributed by atoms with E-state index >= 15 is 0 Å². The lowest BCUT2D eigenvalue weighted by Crippen LogP contribution is -2.34. The molecule has 152 valence electrons. The van der Waals surface area contributed by atoms with Crippen LogP contribution in [0, 0.1) is 16.0 Å². The van der Waals surface area contributed by atoms with Crippen LogP contribution in [-0.4, -0.2) is 35.0 Å². The molecule has 1 atom stereocenters. The Morgan fingerprint density at radius 2 is 1.83 bits per heavy atom. The Morgan fingerprint density at radius 1 is 1.17 bits per heavy atom. The van der Waals surface area contributed by atoms with E-state index in [0.717, 1.165) is 25.9 Å². The average molecular weight is 397 g/mol. The highest BCUT2D eigenvalue weighted by atomic mass is 16.6. The Hall–Kier alpha value is -3.42. The van der Waals surface area contributed by atoms with Crippen molar-refractivity contribution in [1.82, 2.24) is 5.32 Å². The van der Waals surface area contributed by atoms with Crippen LogP contribution >= 0.6 is 0 Å². The number of nitrogens with zero attached hydrogens (tertiary/aromatic N) is 2. The Bertz CT molecular complexity index is 908. The Kier molecular flexibility index (Phi) is 6.11. The Morgan fingerprint density at radius 3 is 2.41 bits per heavy atom. The van der Waals surface area contributed by atoms with Gasteiger partial charge in [0.05, 0.1) is 4.92 Å². The number of piperidine rings is 1. The molecule has 3 rings (SSSR count). The first-order valence-corrected chi connectivity index (χ1v) is 9.49. The van der Waals surface area contributed by atoms with Gasteiger partial charge in [-0.3, -0.25) is 14.9 Å². The number of nitrogens with one attached hydrogen (secondary N) is 1. The van der Waals surface area contributed by atoms with Crippen LogP contribution in [0.2, 0.25) is 0 Å². The molecule has 1 aliphatic heterocycles. The highest BCUT2D eigenvalue weighted by molar-refractivity contribution is 5.98. The molecule has 2 aromatic carbocycles. The zero-order valence-electron chi connectivity index (χ0n) is 16.1. The van der Waals surface area contributed by atoms with Crippen molar-refractivity contribution in [2.45, 2.75) is 25.8 Å². The molecule has 0 aliphatic carbocycles. The lowest BCUT2D eigenvalue weighted by Gasteiger charge is -2.31. The molecular formula is C21H23N3O5. The van der Waals surface area contributed by atoms with Crippen molar-refractivity contribution >= 4 is 23.3 Å². The van der Waals surface area contributed by atoms with E-state index in [2.05, 4.69) is 12.2 Å². The first-order chi connectivity index (χ1) is 13.9. The maximum Gasteiger partial charge on any atom is 0.330 e. The number of anilines is 1. The van der Waals surface area contributed by atoms with Gasteiger partial charge in [-0.2, -0.15) is 0 Å². The second-order valence-electron chi connectivity index (χ2n) is 7.29. The number of hydrogen-bond donors (Lipinski definition) is 2. The molecule has 0 unspecified atom stereocenters. The molecule has 2 N–H and O–H groups in total. The standard InChI is InChI=1S/C21H23N3O5/c1-14-9-11-23(12-10-14)17-8-7-16(13-18(17)24(28)29)20(25)22-19(21(26)27)15-5-3-2-4-6-15/h2-8,13-14,19H,9-12H2,1H3,(H,22,25)(H,26,27)/t19-/m0/s1. The van der Waals surface area contributed by atoms with E-state index in [0.29, 0.717) is 17.2 Å². The lowest BCUT2D eigenvalue weighted by molar-refractivity contribution is -0.384. The lowest BCUT2D eigenvalue weighted by atomic mass is 9.98. The second kappa shape index (κ2) is 8.72. The fourth-order valence-electron chi connectivity index (χ4n) is 3.48. The van der Waals surface area contributed by atoms with Crippen molar-refractivity contribution in [3.63, 3.8) is 0 Å². The number of rotatable bonds is 6. The summed E-state index contributed by atoms with van der Waals surface area (Å²) >= 11 is 0. The van der Waals surface area contributed by atoms with Gasteiger partial charge in [-0.05, 0) is 36.5 Å². The fourth-order valence-corrected chi connectivity index (χ4v) is 3.48. The predicted octanol–water partition coefficient (Wildman–Crippen LogP) is 3.39. The molecule has 1 heterocycles. The van der Waals surface area contributed by atoms with Gasteiger partial charge in [-0.1, -0.05) is 37.3 Å². The summed E-state index contributed by atoms with van der Waals surface area (Å²) in [6.07, 6.45) is 1.91. The monoisotopic (exact) mass is 397 g/mol. The number of carbonyl (C=O) groups is 2. The largest absolute Gasteiger partial charge is 0.479 e. The number of nitro groups is 1. The van der Waals surface area contributed by atoms with E-state index in [1.54, 1.807) is 36.4 Å². The molecule has 0 spiro atoms. The third-order valence-corrected chi connectivity index (χ3v) is 5.21. The Labute approximate surface area is 168 Å². The summed E-state index contributed by atoms with van der Waals surface area (Å²) in [4.78, 5) is 37.3. The third-order valence-electron chi connectivity index (χ3n) is 5.21. The zero-order valence-corrected chi connectivity index (χ0v) is 16.1. The molecular weight excluding hydrogens is 374 g/mol. The summed E-state index contributed by atoms with van der Waals surface area (Å²) in [5.41, 5.74) is 0.796. The topological polar surface area (TPSA) is 113 Å². The second-order valence-corrected chi connectivity index (χ2v) is 7.29. The summed E-state index contributed by atoms with van der Waals surface area (Å²) in [6, 6.07) is 11.3. The number of carboxylic acids is 1. The average Bonchev–Trinajstić information content (AvgIpc) is 2.72. The first-order valence-electron chi connectivity index (χ1n) is 9.49. The summed E-state index contributed by atoms with van der Waals surface area (Å²) in [5, 5.41) is 23.5. The van der Waals surface area contributed by atoms with E-state index in [1.165, 1.54) is 12.1 Å². The van der Waals surface area contributed by atoms with Crippen LogP contribution in [0.3, 0.4) is 0 Å². The van der Waals surface area contributed by atoms with Gasteiger partial charge in [0.15, 0.2) is 6.04 Å². The van der Waals surface area contributed by atoms with Crippen LogP contribution in [0.1, 0.15) is 41.7 Å². The number of benzene rings is 2. The van der Waals surface area contributed by atoms with Crippen LogP contribution in [0.25, 0.3) is 0 Å². The fraction of sp³-hybridized carbons (Fsp3) is 0.333. The van der Waals surface area contributed by atoms with Gasteiger partial charge in [0.1, 0.15) is 5.69 Å². The number of nitro benzene ring substituents is 1. The SMILES string of the molecule is CC1CCN(c2ccc(C(=O)N[C@H](C(=O)O)c3ccccc3)cc2[N+](=O)[O-])CC1. The first kappa shape index (κ1) is 20.3. The molecule has 0 radical (unpaired) electrons. The minimum Gasteiger partial charge on any atom is -0.479 e. The number of hydrogen-bond acceptors (Lipinski definition) is 5. The molecule has 1 fully saturated rings. The van der Waals surface area contributed by atoms with Gasteiger partial charge in [-0.25, -0.2) is 4.79 Å². The molecule has 1 amide bonds. The van der Waals surface area contributed by atoms with Gasteiger partial charge < -0.3 is 15.3 Å². The normalized spacial score (nSPS) is 15.6. The number of carboxylic acid groups (broad SMARTS) is 1. The molecule has 1 saturated heterocycles. The van der Waals surface area contributed by atoms with Gasteiger partial charge >= 0.3 is 5.97 Å². The molecule has 29 heavy (non-hydrogen) atoms. The smallest absolute Gasteiger partial charge is 0.330 e. The van der Waals surface area contributed by atoms with E-state index < -0.39 is 22.8 Å². The van der Waals surface area contributed by atoms with Crippen molar-refractivity contribution in [3.05, 3.63) is 69.8 Å². The van der Waals surface area contributed by atoms with Gasteiger partial charge in [0.25, 0.3) is 11.6 Å². The molecule has 1 aliphatic rings.